The summed E-state index contributed by atoms with van der Waals surface area (Å²) in [6.45, 7) is -1.50. The molecule has 1 unspecified atom stereocenters. The highest BCUT2D eigenvalue weighted by molar-refractivity contribution is 6.11. The summed E-state index contributed by atoms with van der Waals surface area (Å²) >= 11 is 0. The van der Waals surface area contributed by atoms with Gasteiger partial charge in [0.05, 0.1) is 27.8 Å². The standard InChI is InChI=1S/C41H28O26/c42-11-1-7(2-12(43)23(11)47)37(58)64-16-6-63-38(59)8-3-13(44)24(48)27(51)17(8)18-9(4-14(45)25(49)28(18)52)39(60)65-34(16)36-35-32(56)22-21(41(62)66-35)20(30(54)33(57)31(22)55)19-10(40(61)67-36)5-15(46)26(50)29(19)53/h1-5,16,32,34-36,42-57H,6H2/t16-,32?,34-,35+,36+/m1/s1. The molecule has 348 valence electrons. The fraction of sp³-hybridized carbons (Fsp3) is 0.146. The molecule has 16 N–H and O–H groups in total. The van der Waals surface area contributed by atoms with E-state index in [-0.39, 0.29) is 0 Å². The Morgan fingerprint density at radius 2 is 0.836 bits per heavy atom. The predicted octanol–water partition coefficient (Wildman–Crippen LogP) is 1.34. The van der Waals surface area contributed by atoms with E-state index in [1.54, 1.807) is 0 Å². The van der Waals surface area contributed by atoms with Crippen molar-refractivity contribution in [1.29, 1.82) is 0 Å². The number of aromatic hydroxyl groups is 15. The van der Waals surface area contributed by atoms with E-state index in [0.717, 1.165) is 0 Å². The van der Waals surface area contributed by atoms with Crippen LogP contribution in [0.5, 0.6) is 86.2 Å². The molecule has 0 saturated carbocycles. The van der Waals surface area contributed by atoms with Crippen LogP contribution >= 0.6 is 0 Å². The van der Waals surface area contributed by atoms with E-state index in [1.807, 2.05) is 0 Å². The molecule has 0 spiro atoms. The van der Waals surface area contributed by atoms with Crippen LogP contribution in [0.3, 0.4) is 0 Å². The zero-order chi connectivity index (χ0) is 49.0. The topological polar surface area (TPSA) is 455 Å². The highest BCUT2D eigenvalue weighted by atomic mass is 16.6. The Kier molecular flexibility index (Phi) is 10.1. The largest absolute Gasteiger partial charge is 0.504 e. The normalized spacial score (nSPS) is 19.9. The molecule has 5 aromatic rings. The minimum absolute atomic E-state index is 0.331. The number of cyclic esters (lactones) is 2. The number of aliphatic hydroxyl groups is 1. The van der Waals surface area contributed by atoms with Crippen LogP contribution in [0.4, 0.5) is 0 Å². The molecular weight excluding hydrogens is 908 g/mol. The lowest BCUT2D eigenvalue weighted by Crippen LogP contribution is -2.56. The number of rotatable bonds is 3. The van der Waals surface area contributed by atoms with Crippen molar-refractivity contribution in [3.05, 3.63) is 63.7 Å². The van der Waals surface area contributed by atoms with Crippen molar-refractivity contribution >= 4 is 29.8 Å². The fourth-order valence-corrected chi connectivity index (χ4v) is 7.72. The zero-order valence-electron chi connectivity index (χ0n) is 32.7. The lowest BCUT2D eigenvalue weighted by molar-refractivity contribution is -0.154. The summed E-state index contributed by atoms with van der Waals surface area (Å²) < 4.78 is 27.6. The molecule has 5 aromatic carbocycles. The molecule has 0 fully saturated rings. The minimum Gasteiger partial charge on any atom is -0.504 e. The smallest absolute Gasteiger partial charge is 0.339 e. The number of fused-ring (bicyclic) bond motifs is 6. The Bertz CT molecular complexity index is 3060. The van der Waals surface area contributed by atoms with E-state index < -0.39 is 209 Å². The molecule has 4 heterocycles. The Morgan fingerprint density at radius 3 is 1.33 bits per heavy atom. The van der Waals surface area contributed by atoms with Crippen LogP contribution in [0.2, 0.25) is 0 Å². The summed E-state index contributed by atoms with van der Waals surface area (Å²) in [7, 11) is 0. The second kappa shape index (κ2) is 15.3. The molecule has 4 aliphatic rings. The Hall–Kier alpha value is -9.59. The third kappa shape index (κ3) is 6.57. The maximum absolute atomic E-state index is 14.6. The van der Waals surface area contributed by atoms with E-state index in [0.29, 0.717) is 30.3 Å². The van der Waals surface area contributed by atoms with Gasteiger partial charge in [-0.05, 0) is 30.3 Å². The summed E-state index contributed by atoms with van der Waals surface area (Å²) in [5, 5.41) is 172. The number of hydrogen-bond donors (Lipinski definition) is 16. The lowest BCUT2D eigenvalue weighted by Gasteiger charge is -2.40. The van der Waals surface area contributed by atoms with Crippen molar-refractivity contribution in [2.75, 3.05) is 6.61 Å². The van der Waals surface area contributed by atoms with Gasteiger partial charge in [-0.25, -0.2) is 24.0 Å². The van der Waals surface area contributed by atoms with Crippen molar-refractivity contribution in [2.24, 2.45) is 0 Å². The van der Waals surface area contributed by atoms with Crippen molar-refractivity contribution in [3.63, 3.8) is 0 Å². The van der Waals surface area contributed by atoms with Crippen LogP contribution in [0.25, 0.3) is 22.3 Å². The van der Waals surface area contributed by atoms with Crippen LogP contribution in [-0.4, -0.2) is 143 Å². The van der Waals surface area contributed by atoms with Crippen LogP contribution in [-0.2, 0) is 23.7 Å². The average molecular weight is 937 g/mol. The number of benzene rings is 5. The number of ether oxygens (including phenoxy) is 5. The van der Waals surface area contributed by atoms with Gasteiger partial charge >= 0.3 is 29.8 Å². The number of esters is 5. The van der Waals surface area contributed by atoms with Crippen molar-refractivity contribution < 1.29 is 129 Å². The third-order valence-corrected chi connectivity index (χ3v) is 10.9. The number of carbonyl (C=O) groups is 5. The number of aliphatic hydroxyl groups excluding tert-OH is 1. The lowest BCUT2D eigenvalue weighted by atomic mass is 9.82. The number of phenols is 15. The average Bonchev–Trinajstić information content (AvgIpc) is 3.29. The second-order valence-electron chi connectivity index (χ2n) is 14.7. The monoisotopic (exact) mass is 936 g/mol. The van der Waals surface area contributed by atoms with Gasteiger partial charge in [-0.1, -0.05) is 0 Å². The zero-order valence-corrected chi connectivity index (χ0v) is 32.7. The molecule has 0 saturated heterocycles. The molecule has 0 radical (unpaired) electrons. The van der Waals surface area contributed by atoms with Gasteiger partial charge in [-0.3, -0.25) is 0 Å². The van der Waals surface area contributed by atoms with Gasteiger partial charge in [0.25, 0.3) is 0 Å². The molecule has 26 nitrogen and oxygen atoms in total. The first kappa shape index (κ1) is 44.0. The van der Waals surface area contributed by atoms with Crippen LogP contribution in [0, 0.1) is 0 Å². The number of carbonyl (C=O) groups excluding carboxylic acids is 5. The molecule has 67 heavy (non-hydrogen) atoms. The summed E-state index contributed by atoms with van der Waals surface area (Å²) in [4.78, 5) is 70.9. The molecule has 9 rings (SSSR count). The second-order valence-corrected chi connectivity index (χ2v) is 14.7. The van der Waals surface area contributed by atoms with Gasteiger partial charge in [0, 0.05) is 27.8 Å². The predicted molar refractivity (Wildman–Crippen MR) is 207 cm³/mol. The van der Waals surface area contributed by atoms with E-state index in [9.17, 15) is 106 Å². The van der Waals surface area contributed by atoms with E-state index in [4.69, 9.17) is 23.7 Å². The van der Waals surface area contributed by atoms with Gasteiger partial charge in [-0.2, -0.15) is 0 Å². The number of hydrogen-bond acceptors (Lipinski definition) is 26. The van der Waals surface area contributed by atoms with Gasteiger partial charge in [0.15, 0.2) is 87.7 Å². The molecule has 5 atom stereocenters. The molecule has 0 aromatic heterocycles. The molecule has 0 amide bonds. The van der Waals surface area contributed by atoms with Crippen LogP contribution in [0.15, 0.2) is 30.3 Å². The molecule has 4 bridgehead atoms. The Labute approximate surface area is 368 Å². The summed E-state index contributed by atoms with van der Waals surface area (Å²) in [6, 6.07) is 2.15. The SMILES string of the molecule is O=C(O[C@@H]1COC(=O)c2cc(O)c(O)c(O)c2-c2c(cc(O)c(O)c2O)C(=O)O[C@H]1[C@@H]1OC(=O)c2cc(O)c(O)c(O)c2-c2c(O)c(O)c(O)c3c2C(=O)O[C@H]1C3O)c1cc(O)c(O)c(O)c1. The maximum Gasteiger partial charge on any atom is 0.339 e. The maximum atomic E-state index is 14.6. The summed E-state index contributed by atoms with van der Waals surface area (Å²) in [5.41, 5.74) is -11.0. The fourth-order valence-electron chi connectivity index (χ4n) is 7.72. The molecule has 26 heteroatoms. The summed E-state index contributed by atoms with van der Waals surface area (Å²) in [6.07, 6.45) is -13.4. The molecular formula is C41H28O26. The minimum atomic E-state index is -2.79. The van der Waals surface area contributed by atoms with Gasteiger partial charge in [0.2, 0.25) is 23.0 Å². The van der Waals surface area contributed by atoms with Crippen LogP contribution in [0.1, 0.15) is 63.5 Å². The first-order valence-electron chi connectivity index (χ1n) is 18.6. The van der Waals surface area contributed by atoms with E-state index in [2.05, 4.69) is 0 Å². The highest BCUT2D eigenvalue weighted by Crippen LogP contribution is 2.58. The van der Waals surface area contributed by atoms with Crippen LogP contribution < -0.4 is 0 Å². The molecule has 4 aliphatic heterocycles. The van der Waals surface area contributed by atoms with Gasteiger partial charge < -0.3 is 105 Å². The third-order valence-electron chi connectivity index (χ3n) is 10.9. The number of phenolic OH excluding ortho intramolecular Hbond substituents is 15. The quantitative estimate of drug-likeness (QED) is 0.0689. The summed E-state index contributed by atoms with van der Waals surface area (Å²) in [5.74, 6) is -29.6. The van der Waals surface area contributed by atoms with Gasteiger partial charge in [0.1, 0.15) is 12.7 Å². The molecule has 0 aliphatic carbocycles. The van der Waals surface area contributed by atoms with Crippen molar-refractivity contribution in [3.8, 4) is 108 Å². The van der Waals surface area contributed by atoms with Crippen molar-refractivity contribution in [2.45, 2.75) is 30.5 Å². The first-order valence-corrected chi connectivity index (χ1v) is 18.6. The van der Waals surface area contributed by atoms with Crippen molar-refractivity contribution in [1.82, 2.24) is 0 Å². The van der Waals surface area contributed by atoms with Gasteiger partial charge in [-0.15, -0.1) is 0 Å². The highest BCUT2D eigenvalue weighted by Gasteiger charge is 2.54. The van der Waals surface area contributed by atoms with E-state index in [1.165, 1.54) is 0 Å². The first-order chi connectivity index (χ1) is 31.5. The van der Waals surface area contributed by atoms with E-state index >= 15 is 0 Å². The Morgan fingerprint density at radius 1 is 0.433 bits per heavy atom. The Balaban J connectivity index is 1.42.